The van der Waals surface area contributed by atoms with Crippen LogP contribution in [-0.2, 0) is 0 Å². The van der Waals surface area contributed by atoms with Gasteiger partial charge in [-0.25, -0.2) is 0 Å². The summed E-state index contributed by atoms with van der Waals surface area (Å²) in [7, 11) is 0. The van der Waals surface area contributed by atoms with Gasteiger partial charge in [-0.2, -0.15) is 0 Å². The van der Waals surface area contributed by atoms with Gasteiger partial charge in [0, 0.05) is 0 Å². The monoisotopic (exact) mass is 388 g/mol. The van der Waals surface area contributed by atoms with Crippen molar-refractivity contribution in [3.05, 3.63) is 0 Å². The van der Waals surface area contributed by atoms with E-state index in [0.717, 1.165) is 54.3 Å². The third kappa shape index (κ3) is 3.50. The number of fused-ring (bicyclic) bond motifs is 5. The Bertz CT molecular complexity index is 540. The summed E-state index contributed by atoms with van der Waals surface area (Å²) < 4.78 is 0. The van der Waals surface area contributed by atoms with E-state index in [0.29, 0.717) is 10.8 Å². The summed E-state index contributed by atoms with van der Waals surface area (Å²) in [5.74, 6) is 6.49. The highest BCUT2D eigenvalue weighted by molar-refractivity contribution is 5.09. The molecule has 28 heavy (non-hydrogen) atoms. The van der Waals surface area contributed by atoms with Crippen LogP contribution < -0.4 is 0 Å². The van der Waals surface area contributed by atoms with Gasteiger partial charge in [0.15, 0.2) is 0 Å². The van der Waals surface area contributed by atoms with Crippen molar-refractivity contribution in [3.63, 3.8) is 0 Å². The Hall–Kier alpha value is -0.0400. The lowest BCUT2D eigenvalue weighted by Crippen LogP contribution is -2.54. The van der Waals surface area contributed by atoms with Crippen molar-refractivity contribution in [2.24, 2.45) is 52.3 Å². The molecule has 4 fully saturated rings. The molecule has 0 aromatic heterocycles. The average Bonchev–Trinajstić information content (AvgIpc) is 2.99. The summed E-state index contributed by atoms with van der Waals surface area (Å²) in [6.45, 7) is 12.7. The molecular weight excluding hydrogens is 340 g/mol. The number of rotatable bonds is 5. The Balaban J connectivity index is 1.46. The van der Waals surface area contributed by atoms with Gasteiger partial charge < -0.3 is 5.11 Å². The minimum absolute atomic E-state index is 0.00830. The lowest BCUT2D eigenvalue weighted by atomic mass is 9.44. The second-order valence-corrected chi connectivity index (χ2v) is 12.6. The van der Waals surface area contributed by atoms with Gasteiger partial charge in [-0.05, 0) is 110 Å². The molecule has 1 heteroatoms. The first-order chi connectivity index (χ1) is 13.3. The number of hydrogen-bond donors (Lipinski definition) is 1. The Morgan fingerprint density at radius 3 is 2.29 bits per heavy atom. The van der Waals surface area contributed by atoms with E-state index in [1.54, 1.807) is 0 Å². The molecule has 162 valence electrons. The smallest absolute Gasteiger partial charge is 0.0543 e. The van der Waals surface area contributed by atoms with Crippen LogP contribution in [0.4, 0.5) is 0 Å². The molecule has 4 rings (SSSR count). The van der Waals surface area contributed by atoms with Crippen LogP contribution in [0.1, 0.15) is 112 Å². The molecule has 4 aliphatic carbocycles. The molecular formula is C27H48O. The topological polar surface area (TPSA) is 20.2 Å². The second kappa shape index (κ2) is 7.90. The maximum Gasteiger partial charge on any atom is 0.0543 e. The van der Waals surface area contributed by atoms with E-state index in [1.807, 2.05) is 0 Å². The van der Waals surface area contributed by atoms with Gasteiger partial charge in [0.25, 0.3) is 0 Å². The zero-order valence-electron chi connectivity index (χ0n) is 19.6. The predicted molar refractivity (Wildman–Crippen MR) is 119 cm³/mol. The normalized spacial score (nSPS) is 49.4. The first kappa shape index (κ1) is 21.2. The second-order valence-electron chi connectivity index (χ2n) is 12.6. The molecule has 0 amide bonds. The molecule has 0 heterocycles. The van der Waals surface area contributed by atoms with Crippen LogP contribution in [0.3, 0.4) is 0 Å². The molecule has 0 unspecified atom stereocenters. The first-order valence-electron chi connectivity index (χ1n) is 12.9. The molecule has 0 aromatic carbocycles. The highest BCUT2D eigenvalue weighted by atomic mass is 16.3. The molecule has 0 saturated heterocycles. The minimum atomic E-state index is -0.00830. The van der Waals surface area contributed by atoms with Gasteiger partial charge in [-0.3, -0.25) is 0 Å². The Labute approximate surface area is 175 Å². The first-order valence-corrected chi connectivity index (χ1v) is 12.9. The van der Waals surface area contributed by atoms with Crippen LogP contribution in [0.25, 0.3) is 0 Å². The number of aliphatic hydroxyl groups is 1. The minimum Gasteiger partial charge on any atom is -0.393 e. The Morgan fingerprint density at radius 1 is 0.821 bits per heavy atom. The SMILES string of the molecule is CC(C)CCC[C@@H](C)[C@@H]1CC[C@H]2[C@H]3CC[C@H]4C[C@H](O)CC[C@]4(C)[C@@H]3CC[C@@]21C. The van der Waals surface area contributed by atoms with Crippen molar-refractivity contribution in [1.82, 2.24) is 0 Å². The summed E-state index contributed by atoms with van der Waals surface area (Å²) >= 11 is 0. The highest BCUT2D eigenvalue weighted by Crippen LogP contribution is 2.68. The molecule has 4 saturated carbocycles. The van der Waals surface area contributed by atoms with Crippen LogP contribution in [-0.4, -0.2) is 11.2 Å². The molecule has 0 spiro atoms. The maximum absolute atomic E-state index is 10.3. The van der Waals surface area contributed by atoms with Crippen molar-refractivity contribution in [2.45, 2.75) is 118 Å². The molecule has 0 aliphatic heterocycles. The van der Waals surface area contributed by atoms with E-state index in [9.17, 15) is 5.11 Å². The highest BCUT2D eigenvalue weighted by Gasteiger charge is 2.60. The molecule has 0 bridgehead atoms. The van der Waals surface area contributed by atoms with E-state index in [1.165, 1.54) is 64.2 Å². The summed E-state index contributed by atoms with van der Waals surface area (Å²) in [6.07, 6.45) is 16.6. The maximum atomic E-state index is 10.3. The van der Waals surface area contributed by atoms with Crippen molar-refractivity contribution in [1.29, 1.82) is 0 Å². The van der Waals surface area contributed by atoms with Crippen LogP contribution >= 0.6 is 0 Å². The fraction of sp³-hybridized carbons (Fsp3) is 1.00. The predicted octanol–water partition coefficient (Wildman–Crippen LogP) is 7.47. The van der Waals surface area contributed by atoms with Crippen LogP contribution in [0, 0.1) is 52.3 Å². The van der Waals surface area contributed by atoms with Gasteiger partial charge in [-0.1, -0.05) is 53.9 Å². The molecule has 0 radical (unpaired) electrons. The summed E-state index contributed by atoms with van der Waals surface area (Å²) in [4.78, 5) is 0. The standard InChI is InChI=1S/C27H48O/c1-18(2)7-6-8-19(3)23-11-12-24-22-10-9-20-17-21(28)13-15-26(20,4)25(22)14-16-27(23,24)5/h18-25,28H,6-17H2,1-5H3/t19-,20+,21-,22-,23+,24+,25-,26+,27-/m1/s1. The lowest BCUT2D eigenvalue weighted by molar-refractivity contribution is -0.129. The third-order valence-corrected chi connectivity index (χ3v) is 10.8. The van der Waals surface area contributed by atoms with Gasteiger partial charge in [0.1, 0.15) is 0 Å². The quantitative estimate of drug-likeness (QED) is 0.518. The molecule has 1 nitrogen and oxygen atoms in total. The van der Waals surface area contributed by atoms with E-state index < -0.39 is 0 Å². The summed E-state index contributed by atoms with van der Waals surface area (Å²) in [5.41, 5.74) is 1.15. The largest absolute Gasteiger partial charge is 0.393 e. The van der Waals surface area contributed by atoms with Crippen LogP contribution in [0.2, 0.25) is 0 Å². The number of aliphatic hydroxyl groups excluding tert-OH is 1. The van der Waals surface area contributed by atoms with Gasteiger partial charge in [-0.15, -0.1) is 0 Å². The van der Waals surface area contributed by atoms with E-state index >= 15 is 0 Å². The Morgan fingerprint density at radius 2 is 1.54 bits per heavy atom. The zero-order valence-corrected chi connectivity index (χ0v) is 19.6. The number of hydrogen-bond acceptors (Lipinski definition) is 1. The third-order valence-electron chi connectivity index (χ3n) is 10.8. The van der Waals surface area contributed by atoms with Crippen molar-refractivity contribution in [3.8, 4) is 0 Å². The van der Waals surface area contributed by atoms with E-state index in [-0.39, 0.29) is 6.10 Å². The summed E-state index contributed by atoms with van der Waals surface area (Å²) in [6, 6.07) is 0. The lowest BCUT2D eigenvalue weighted by Gasteiger charge is -2.61. The molecule has 9 atom stereocenters. The average molecular weight is 389 g/mol. The van der Waals surface area contributed by atoms with Gasteiger partial charge >= 0.3 is 0 Å². The fourth-order valence-electron chi connectivity index (χ4n) is 9.26. The van der Waals surface area contributed by atoms with Crippen molar-refractivity contribution >= 4 is 0 Å². The summed E-state index contributed by atoms with van der Waals surface area (Å²) in [5, 5.41) is 10.3. The van der Waals surface area contributed by atoms with Gasteiger partial charge in [0.05, 0.1) is 6.10 Å². The molecule has 0 aromatic rings. The fourth-order valence-corrected chi connectivity index (χ4v) is 9.26. The van der Waals surface area contributed by atoms with Crippen molar-refractivity contribution in [2.75, 3.05) is 0 Å². The van der Waals surface area contributed by atoms with Crippen LogP contribution in [0.15, 0.2) is 0 Å². The van der Waals surface area contributed by atoms with Gasteiger partial charge in [0.2, 0.25) is 0 Å². The van der Waals surface area contributed by atoms with Crippen molar-refractivity contribution < 1.29 is 5.11 Å². The van der Waals surface area contributed by atoms with Crippen LogP contribution in [0.5, 0.6) is 0 Å². The zero-order chi connectivity index (χ0) is 20.1. The van der Waals surface area contributed by atoms with E-state index in [4.69, 9.17) is 0 Å². The van der Waals surface area contributed by atoms with E-state index in [2.05, 4.69) is 34.6 Å². The molecule has 1 N–H and O–H groups in total. The Kier molecular flexibility index (Phi) is 5.98. The molecule has 4 aliphatic rings.